The lowest BCUT2D eigenvalue weighted by atomic mass is 10.0. The van der Waals surface area contributed by atoms with E-state index in [2.05, 4.69) is 40.2 Å². The van der Waals surface area contributed by atoms with E-state index in [0.717, 1.165) is 42.0 Å². The molecule has 19 heavy (non-hydrogen) atoms. The molecule has 0 aliphatic carbocycles. The molecule has 110 valence electrons. The smallest absolute Gasteiger partial charge is 0.0767 e. The largest absolute Gasteiger partial charge is 0.311 e. The highest BCUT2D eigenvalue weighted by atomic mass is 79.9. The van der Waals surface area contributed by atoms with Crippen LogP contribution >= 0.6 is 27.5 Å². The van der Waals surface area contributed by atoms with Crippen LogP contribution in [0.25, 0.3) is 0 Å². The van der Waals surface area contributed by atoms with Crippen LogP contribution in [-0.2, 0) is 20.0 Å². The van der Waals surface area contributed by atoms with Gasteiger partial charge in [-0.2, -0.15) is 5.10 Å². The van der Waals surface area contributed by atoms with Gasteiger partial charge in [0, 0.05) is 19.5 Å². The van der Waals surface area contributed by atoms with Crippen LogP contribution in [0.15, 0.2) is 4.47 Å². The van der Waals surface area contributed by atoms with E-state index in [1.807, 2.05) is 11.7 Å². The third kappa shape index (κ3) is 5.09. The molecular weight excluding hydrogens is 326 g/mol. The molecule has 1 aromatic heterocycles. The monoisotopic (exact) mass is 349 g/mol. The molecule has 1 heterocycles. The van der Waals surface area contributed by atoms with Gasteiger partial charge in [0.15, 0.2) is 0 Å². The number of aromatic nitrogens is 2. The van der Waals surface area contributed by atoms with Crippen LogP contribution in [0.3, 0.4) is 0 Å². The lowest BCUT2D eigenvalue weighted by Crippen LogP contribution is -2.24. The summed E-state index contributed by atoms with van der Waals surface area (Å²) in [6, 6.07) is 0. The predicted molar refractivity (Wildman–Crippen MR) is 85.7 cm³/mol. The highest BCUT2D eigenvalue weighted by Crippen LogP contribution is 2.21. The highest BCUT2D eigenvalue weighted by Gasteiger charge is 2.13. The Balaban J connectivity index is 2.50. The Labute approximate surface area is 130 Å². The summed E-state index contributed by atoms with van der Waals surface area (Å²) < 4.78 is 3.11. The fourth-order valence-corrected chi connectivity index (χ4v) is 3.38. The average molecular weight is 351 g/mol. The molecule has 1 N–H and O–H groups in total. The summed E-state index contributed by atoms with van der Waals surface area (Å²) in [5.74, 6) is 1.43. The second-order valence-corrected chi connectivity index (χ2v) is 6.12. The maximum Gasteiger partial charge on any atom is 0.0767 e. The van der Waals surface area contributed by atoms with E-state index in [1.165, 1.54) is 18.5 Å². The molecule has 0 fully saturated rings. The van der Waals surface area contributed by atoms with E-state index in [0.29, 0.717) is 5.92 Å². The zero-order valence-corrected chi connectivity index (χ0v) is 14.5. The van der Waals surface area contributed by atoms with Crippen LogP contribution in [0.5, 0.6) is 0 Å². The molecule has 1 unspecified atom stereocenters. The van der Waals surface area contributed by atoms with Gasteiger partial charge in [-0.15, -0.1) is 11.6 Å². The fourth-order valence-electron chi connectivity index (χ4n) is 2.32. The van der Waals surface area contributed by atoms with E-state index in [4.69, 9.17) is 11.6 Å². The first-order chi connectivity index (χ1) is 9.13. The van der Waals surface area contributed by atoms with E-state index in [9.17, 15) is 0 Å². The van der Waals surface area contributed by atoms with Gasteiger partial charge in [0.05, 0.1) is 15.9 Å². The molecule has 0 radical (unpaired) electrons. The average Bonchev–Trinajstić information content (AvgIpc) is 2.66. The third-order valence-electron chi connectivity index (χ3n) is 3.44. The summed E-state index contributed by atoms with van der Waals surface area (Å²) in [5.41, 5.74) is 2.35. The zero-order chi connectivity index (χ0) is 14.3. The van der Waals surface area contributed by atoms with Gasteiger partial charge < -0.3 is 5.32 Å². The number of aryl methyl sites for hydroxylation is 2. The summed E-state index contributed by atoms with van der Waals surface area (Å²) in [6.45, 7) is 6.24. The highest BCUT2D eigenvalue weighted by molar-refractivity contribution is 9.10. The number of nitrogens with one attached hydrogen (secondary N) is 1. The summed E-state index contributed by atoms with van der Waals surface area (Å²) in [7, 11) is 2.00. The Bertz CT molecular complexity index is 373. The lowest BCUT2D eigenvalue weighted by molar-refractivity contribution is 0.426. The number of rotatable bonds is 9. The van der Waals surface area contributed by atoms with Gasteiger partial charge in [-0.25, -0.2) is 0 Å². The summed E-state index contributed by atoms with van der Waals surface area (Å²) >= 11 is 9.50. The van der Waals surface area contributed by atoms with Crippen LogP contribution in [0, 0.1) is 5.92 Å². The SMILES string of the molecule is CCCC(CCCl)CNCc1c(Br)c(CC)nn1C. The van der Waals surface area contributed by atoms with Crippen molar-refractivity contribution in [2.45, 2.75) is 46.1 Å². The van der Waals surface area contributed by atoms with Crippen molar-refractivity contribution in [3.8, 4) is 0 Å². The minimum absolute atomic E-state index is 0.681. The quantitative estimate of drug-likeness (QED) is 0.685. The minimum atomic E-state index is 0.681. The normalized spacial score (nSPS) is 12.9. The van der Waals surface area contributed by atoms with Crippen molar-refractivity contribution in [1.82, 2.24) is 15.1 Å². The number of hydrogen-bond acceptors (Lipinski definition) is 2. The number of alkyl halides is 1. The van der Waals surface area contributed by atoms with Crippen molar-refractivity contribution in [2.24, 2.45) is 13.0 Å². The molecule has 0 spiro atoms. The Hall–Kier alpha value is -0.0600. The van der Waals surface area contributed by atoms with Crippen LogP contribution in [-0.4, -0.2) is 22.2 Å². The second-order valence-electron chi connectivity index (χ2n) is 4.95. The van der Waals surface area contributed by atoms with Gasteiger partial charge >= 0.3 is 0 Å². The molecule has 0 aromatic carbocycles. The molecule has 3 nitrogen and oxygen atoms in total. The van der Waals surface area contributed by atoms with Crippen LogP contribution in [0.2, 0.25) is 0 Å². The van der Waals surface area contributed by atoms with E-state index in [-0.39, 0.29) is 0 Å². The number of halogens is 2. The maximum atomic E-state index is 5.85. The topological polar surface area (TPSA) is 29.9 Å². The molecule has 0 saturated carbocycles. The molecular formula is C14H25BrClN3. The maximum absolute atomic E-state index is 5.85. The second kappa shape index (κ2) is 8.98. The Kier molecular flexibility index (Phi) is 8.03. The van der Waals surface area contributed by atoms with Crippen LogP contribution in [0.4, 0.5) is 0 Å². The van der Waals surface area contributed by atoms with E-state index in [1.54, 1.807) is 0 Å². The van der Waals surface area contributed by atoms with Gasteiger partial charge in [-0.1, -0.05) is 20.3 Å². The van der Waals surface area contributed by atoms with Crippen molar-refractivity contribution in [3.05, 3.63) is 15.9 Å². The van der Waals surface area contributed by atoms with Crippen molar-refractivity contribution in [3.63, 3.8) is 0 Å². The number of hydrogen-bond donors (Lipinski definition) is 1. The molecule has 1 atom stereocenters. The van der Waals surface area contributed by atoms with Crippen molar-refractivity contribution in [2.75, 3.05) is 12.4 Å². The van der Waals surface area contributed by atoms with Gasteiger partial charge in [-0.05, 0) is 47.7 Å². The van der Waals surface area contributed by atoms with Crippen molar-refractivity contribution in [1.29, 1.82) is 0 Å². The number of nitrogens with zero attached hydrogens (tertiary/aromatic N) is 2. The molecule has 0 aliphatic rings. The minimum Gasteiger partial charge on any atom is -0.311 e. The van der Waals surface area contributed by atoms with Gasteiger partial charge in [0.2, 0.25) is 0 Å². The van der Waals surface area contributed by atoms with E-state index < -0.39 is 0 Å². The third-order valence-corrected chi connectivity index (χ3v) is 4.58. The summed E-state index contributed by atoms with van der Waals surface area (Å²) in [4.78, 5) is 0. The summed E-state index contributed by atoms with van der Waals surface area (Å²) in [5, 5.41) is 8.05. The first-order valence-electron chi connectivity index (χ1n) is 7.10. The Morgan fingerprint density at radius 3 is 2.63 bits per heavy atom. The predicted octanol–water partition coefficient (Wildman–Crippen LogP) is 3.88. The zero-order valence-electron chi connectivity index (χ0n) is 12.2. The van der Waals surface area contributed by atoms with Gasteiger partial charge in [-0.3, -0.25) is 4.68 Å². The molecule has 1 aromatic rings. The molecule has 0 bridgehead atoms. The first-order valence-corrected chi connectivity index (χ1v) is 8.43. The fraction of sp³-hybridized carbons (Fsp3) is 0.786. The standard InChI is InChI=1S/C14H25BrClN3/c1-4-6-11(7-8-16)9-17-10-13-14(15)12(5-2)18-19(13)3/h11,17H,4-10H2,1-3H3. The Morgan fingerprint density at radius 2 is 2.11 bits per heavy atom. The van der Waals surface area contributed by atoms with Crippen molar-refractivity contribution >= 4 is 27.5 Å². The molecule has 5 heteroatoms. The molecule has 0 amide bonds. The summed E-state index contributed by atoms with van der Waals surface area (Å²) in [6.07, 6.45) is 4.51. The van der Waals surface area contributed by atoms with Gasteiger partial charge in [0.1, 0.15) is 0 Å². The lowest BCUT2D eigenvalue weighted by Gasteiger charge is -2.15. The Morgan fingerprint density at radius 1 is 1.37 bits per heavy atom. The first kappa shape index (κ1) is 17.0. The molecule has 0 saturated heterocycles. The molecule has 0 aliphatic heterocycles. The van der Waals surface area contributed by atoms with Crippen LogP contribution in [0.1, 0.15) is 44.5 Å². The molecule has 1 rings (SSSR count). The van der Waals surface area contributed by atoms with Crippen LogP contribution < -0.4 is 5.32 Å². The van der Waals surface area contributed by atoms with Crippen molar-refractivity contribution < 1.29 is 0 Å². The van der Waals surface area contributed by atoms with Gasteiger partial charge in [0.25, 0.3) is 0 Å². The van der Waals surface area contributed by atoms with E-state index >= 15 is 0 Å².